The van der Waals surface area contributed by atoms with Crippen molar-refractivity contribution in [2.24, 2.45) is 0 Å². The van der Waals surface area contributed by atoms with Gasteiger partial charge in [-0.3, -0.25) is 0 Å². The number of thioether (sulfide) groups is 1. The van der Waals surface area contributed by atoms with Crippen LogP contribution in [-0.4, -0.2) is 45.3 Å². The predicted octanol–water partition coefficient (Wildman–Crippen LogP) is 0.384. The summed E-state index contributed by atoms with van der Waals surface area (Å²) in [6.45, 7) is 1.72. The Labute approximate surface area is 114 Å². The van der Waals surface area contributed by atoms with Crippen LogP contribution in [0.1, 0.15) is 18.1 Å². The molecule has 106 valence electrons. The largest absolute Gasteiger partial charge is 0.480 e. The number of amides is 2. The van der Waals surface area contributed by atoms with Crippen molar-refractivity contribution in [1.82, 2.24) is 20.8 Å². The zero-order valence-corrected chi connectivity index (χ0v) is 11.5. The van der Waals surface area contributed by atoms with E-state index in [0.29, 0.717) is 23.9 Å². The van der Waals surface area contributed by atoms with Crippen molar-refractivity contribution in [2.75, 3.05) is 12.0 Å². The van der Waals surface area contributed by atoms with Gasteiger partial charge >= 0.3 is 12.0 Å². The Hall–Kier alpha value is -1.77. The molecule has 0 fully saturated rings. The third-order valence-electron chi connectivity index (χ3n) is 2.19. The van der Waals surface area contributed by atoms with Gasteiger partial charge in [0.05, 0.1) is 6.54 Å². The van der Waals surface area contributed by atoms with Crippen molar-refractivity contribution in [3.05, 3.63) is 11.7 Å². The molecular weight excluding hydrogens is 272 g/mol. The fraction of sp³-hybridized carbons (Fsp3) is 0.600. The SMILES string of the molecule is CSCCC(NC(=O)NCc1noc(C)n1)C(=O)O. The number of aliphatic carboxylic acids is 1. The van der Waals surface area contributed by atoms with Crippen LogP contribution in [-0.2, 0) is 11.3 Å². The van der Waals surface area contributed by atoms with E-state index < -0.39 is 18.0 Å². The highest BCUT2D eigenvalue weighted by molar-refractivity contribution is 7.98. The van der Waals surface area contributed by atoms with Crippen molar-refractivity contribution in [1.29, 1.82) is 0 Å². The fourth-order valence-electron chi connectivity index (χ4n) is 1.27. The molecule has 0 spiro atoms. The summed E-state index contributed by atoms with van der Waals surface area (Å²) in [6, 6.07) is -1.48. The van der Waals surface area contributed by atoms with Crippen LogP contribution in [0.2, 0.25) is 0 Å². The maximum absolute atomic E-state index is 11.5. The van der Waals surface area contributed by atoms with E-state index in [2.05, 4.69) is 20.8 Å². The van der Waals surface area contributed by atoms with E-state index in [-0.39, 0.29) is 6.54 Å². The number of carbonyl (C=O) groups is 2. The first kappa shape index (κ1) is 15.3. The van der Waals surface area contributed by atoms with Crippen LogP contribution < -0.4 is 10.6 Å². The summed E-state index contributed by atoms with van der Waals surface area (Å²) in [4.78, 5) is 26.4. The zero-order chi connectivity index (χ0) is 14.3. The van der Waals surface area contributed by atoms with Gasteiger partial charge in [-0.05, 0) is 18.4 Å². The Morgan fingerprint density at radius 3 is 2.79 bits per heavy atom. The number of hydrogen-bond acceptors (Lipinski definition) is 6. The van der Waals surface area contributed by atoms with Crippen LogP contribution in [0, 0.1) is 6.92 Å². The summed E-state index contributed by atoms with van der Waals surface area (Å²) >= 11 is 1.52. The first-order valence-corrected chi connectivity index (χ1v) is 6.97. The molecule has 0 saturated carbocycles. The van der Waals surface area contributed by atoms with Crippen LogP contribution in [0.15, 0.2) is 4.52 Å². The molecule has 1 atom stereocenters. The Balaban J connectivity index is 2.37. The Morgan fingerprint density at radius 2 is 2.26 bits per heavy atom. The Bertz CT molecular complexity index is 437. The molecule has 1 aromatic rings. The molecule has 1 rings (SSSR count). The Morgan fingerprint density at radius 1 is 1.53 bits per heavy atom. The average Bonchev–Trinajstić information content (AvgIpc) is 2.77. The predicted molar refractivity (Wildman–Crippen MR) is 68.8 cm³/mol. The van der Waals surface area contributed by atoms with E-state index in [0.717, 1.165) is 0 Å². The highest BCUT2D eigenvalue weighted by atomic mass is 32.2. The van der Waals surface area contributed by atoms with Gasteiger partial charge in [0.15, 0.2) is 5.82 Å². The molecule has 0 saturated heterocycles. The van der Waals surface area contributed by atoms with Crippen molar-refractivity contribution in [2.45, 2.75) is 25.9 Å². The van der Waals surface area contributed by atoms with Gasteiger partial charge in [-0.1, -0.05) is 5.16 Å². The molecule has 19 heavy (non-hydrogen) atoms. The number of nitrogens with one attached hydrogen (secondary N) is 2. The summed E-state index contributed by atoms with van der Waals surface area (Å²) in [5.74, 6) is 0.338. The molecule has 9 heteroatoms. The van der Waals surface area contributed by atoms with Crippen molar-refractivity contribution in [3.8, 4) is 0 Å². The van der Waals surface area contributed by atoms with E-state index in [1.807, 2.05) is 6.26 Å². The maximum atomic E-state index is 11.5. The average molecular weight is 288 g/mol. The molecule has 0 radical (unpaired) electrons. The van der Waals surface area contributed by atoms with Crippen molar-refractivity contribution >= 4 is 23.8 Å². The smallest absolute Gasteiger partial charge is 0.326 e. The molecule has 1 unspecified atom stereocenters. The molecule has 0 aliphatic rings. The molecule has 0 bridgehead atoms. The minimum Gasteiger partial charge on any atom is -0.480 e. The minimum atomic E-state index is -1.06. The third kappa shape index (κ3) is 5.60. The number of urea groups is 1. The molecule has 8 nitrogen and oxygen atoms in total. The first-order valence-electron chi connectivity index (χ1n) is 5.58. The van der Waals surface area contributed by atoms with Gasteiger partial charge in [-0.2, -0.15) is 16.7 Å². The van der Waals surface area contributed by atoms with Crippen LogP contribution in [0.3, 0.4) is 0 Å². The number of carboxylic acid groups (broad SMARTS) is 1. The molecule has 0 aromatic carbocycles. The lowest BCUT2D eigenvalue weighted by molar-refractivity contribution is -0.139. The van der Waals surface area contributed by atoms with Crippen LogP contribution in [0.25, 0.3) is 0 Å². The first-order chi connectivity index (χ1) is 9.02. The lowest BCUT2D eigenvalue weighted by atomic mass is 10.2. The molecule has 1 heterocycles. The van der Waals surface area contributed by atoms with Crippen molar-refractivity contribution in [3.63, 3.8) is 0 Å². The van der Waals surface area contributed by atoms with Crippen LogP contribution in [0.4, 0.5) is 4.79 Å². The summed E-state index contributed by atoms with van der Waals surface area (Å²) < 4.78 is 4.74. The van der Waals surface area contributed by atoms with E-state index in [1.54, 1.807) is 6.92 Å². The number of hydrogen-bond donors (Lipinski definition) is 3. The lowest BCUT2D eigenvalue weighted by Gasteiger charge is -2.13. The molecular formula is C10H16N4O4S. The van der Waals surface area contributed by atoms with Crippen LogP contribution >= 0.6 is 11.8 Å². The lowest BCUT2D eigenvalue weighted by Crippen LogP contribution is -2.46. The molecule has 3 N–H and O–H groups in total. The van der Waals surface area contributed by atoms with Crippen LogP contribution in [0.5, 0.6) is 0 Å². The van der Waals surface area contributed by atoms with Gasteiger partial charge in [0.25, 0.3) is 0 Å². The minimum absolute atomic E-state index is 0.0814. The number of rotatable bonds is 7. The fourth-order valence-corrected chi connectivity index (χ4v) is 1.75. The quantitative estimate of drug-likeness (QED) is 0.664. The monoisotopic (exact) mass is 288 g/mol. The standard InChI is InChI=1S/C10H16N4O4S/c1-6-12-8(14-18-6)5-11-10(17)13-7(9(15)16)3-4-19-2/h7H,3-5H2,1-2H3,(H,15,16)(H2,11,13,17). The van der Waals surface area contributed by atoms with Gasteiger partial charge in [-0.25, -0.2) is 9.59 Å². The van der Waals surface area contributed by atoms with E-state index in [1.165, 1.54) is 11.8 Å². The van der Waals surface area contributed by atoms with Crippen molar-refractivity contribution < 1.29 is 19.2 Å². The number of carbonyl (C=O) groups excluding carboxylic acids is 1. The van der Waals surface area contributed by atoms with E-state index in [9.17, 15) is 9.59 Å². The molecule has 1 aromatic heterocycles. The van der Waals surface area contributed by atoms with E-state index in [4.69, 9.17) is 9.63 Å². The second kappa shape index (κ2) is 7.62. The van der Waals surface area contributed by atoms with Gasteiger partial charge in [-0.15, -0.1) is 0 Å². The maximum Gasteiger partial charge on any atom is 0.326 e. The number of aromatic nitrogens is 2. The summed E-state index contributed by atoms with van der Waals surface area (Å²) in [7, 11) is 0. The third-order valence-corrected chi connectivity index (χ3v) is 2.83. The Kier molecular flexibility index (Phi) is 6.13. The van der Waals surface area contributed by atoms with Gasteiger partial charge in [0.1, 0.15) is 6.04 Å². The summed E-state index contributed by atoms with van der Waals surface area (Å²) in [5.41, 5.74) is 0. The second-order valence-electron chi connectivity index (χ2n) is 3.73. The number of aryl methyl sites for hydroxylation is 1. The highest BCUT2D eigenvalue weighted by Gasteiger charge is 2.19. The normalized spacial score (nSPS) is 11.9. The van der Waals surface area contributed by atoms with Gasteiger partial charge in [0, 0.05) is 6.92 Å². The molecule has 2 amide bonds. The summed E-state index contributed by atoms with van der Waals surface area (Å²) in [5, 5.41) is 17.4. The van der Waals surface area contributed by atoms with Gasteiger partial charge < -0.3 is 20.3 Å². The second-order valence-corrected chi connectivity index (χ2v) is 4.71. The number of carboxylic acids is 1. The van der Waals surface area contributed by atoms with Gasteiger partial charge in [0.2, 0.25) is 5.89 Å². The molecule has 0 aliphatic carbocycles. The molecule has 0 aliphatic heterocycles. The highest BCUT2D eigenvalue weighted by Crippen LogP contribution is 2.01. The summed E-state index contributed by atoms with van der Waals surface area (Å²) in [6.07, 6.45) is 2.24. The topological polar surface area (TPSA) is 117 Å². The zero-order valence-electron chi connectivity index (χ0n) is 10.7. The van der Waals surface area contributed by atoms with E-state index >= 15 is 0 Å². The number of nitrogens with zero attached hydrogens (tertiary/aromatic N) is 2.